The Bertz CT molecular complexity index is 334. The molecule has 0 fully saturated rings. The Balaban J connectivity index is 3.15. The number of hydrogen-bond acceptors (Lipinski definition) is 2. The third kappa shape index (κ3) is 2.21. The lowest BCUT2D eigenvalue weighted by Crippen LogP contribution is -2.26. The van der Waals surface area contributed by atoms with Crippen molar-refractivity contribution in [1.82, 2.24) is 0 Å². The molecular formula is C11H17BrN2. The van der Waals surface area contributed by atoms with Gasteiger partial charge in [-0.05, 0) is 54.4 Å². The lowest BCUT2D eigenvalue weighted by Gasteiger charge is -2.25. The summed E-state index contributed by atoms with van der Waals surface area (Å²) in [6.07, 6.45) is 0. The van der Waals surface area contributed by atoms with Crippen molar-refractivity contribution >= 4 is 27.3 Å². The number of rotatable bonds is 2. The Hall–Kier alpha value is -0.700. The summed E-state index contributed by atoms with van der Waals surface area (Å²) in [6, 6.07) is 4.55. The molecule has 1 aromatic carbocycles. The van der Waals surface area contributed by atoms with Crippen LogP contribution in [0.3, 0.4) is 0 Å². The van der Waals surface area contributed by atoms with Crippen molar-refractivity contribution in [3.05, 3.63) is 22.2 Å². The second-order valence-electron chi connectivity index (χ2n) is 3.86. The first kappa shape index (κ1) is 11.4. The Kier molecular flexibility index (Phi) is 3.43. The minimum atomic E-state index is 0.481. The number of nitrogens with two attached hydrogens (primary N) is 1. The van der Waals surface area contributed by atoms with Crippen LogP contribution < -0.4 is 10.6 Å². The van der Waals surface area contributed by atoms with E-state index >= 15 is 0 Å². The van der Waals surface area contributed by atoms with Crippen LogP contribution in [0.15, 0.2) is 16.6 Å². The molecule has 0 unspecified atom stereocenters. The van der Waals surface area contributed by atoms with Crippen LogP contribution in [-0.4, -0.2) is 13.1 Å². The van der Waals surface area contributed by atoms with Crippen LogP contribution in [0.1, 0.15) is 19.4 Å². The van der Waals surface area contributed by atoms with Crippen LogP contribution in [0.4, 0.5) is 11.4 Å². The van der Waals surface area contributed by atoms with E-state index in [0.29, 0.717) is 6.04 Å². The molecule has 0 saturated carbocycles. The second kappa shape index (κ2) is 4.22. The molecule has 0 spiro atoms. The minimum Gasteiger partial charge on any atom is -0.398 e. The monoisotopic (exact) mass is 256 g/mol. The zero-order valence-electron chi connectivity index (χ0n) is 9.13. The zero-order valence-corrected chi connectivity index (χ0v) is 10.7. The smallest absolute Gasteiger partial charge is 0.0514 e. The maximum absolute atomic E-state index is 5.82. The highest BCUT2D eigenvalue weighted by atomic mass is 79.9. The van der Waals surface area contributed by atoms with Gasteiger partial charge in [0, 0.05) is 23.2 Å². The SMILES string of the molecule is Cc1cc(N(C)C(C)C)c(Br)cc1N. The molecule has 14 heavy (non-hydrogen) atoms. The lowest BCUT2D eigenvalue weighted by atomic mass is 10.1. The van der Waals surface area contributed by atoms with Crippen LogP contribution in [0.25, 0.3) is 0 Å². The summed E-state index contributed by atoms with van der Waals surface area (Å²) in [7, 11) is 2.08. The summed E-state index contributed by atoms with van der Waals surface area (Å²) in [5.41, 5.74) is 8.96. The summed E-state index contributed by atoms with van der Waals surface area (Å²) in [4.78, 5) is 2.22. The van der Waals surface area contributed by atoms with Gasteiger partial charge in [0.15, 0.2) is 0 Å². The average Bonchev–Trinajstić information content (AvgIpc) is 2.10. The molecule has 1 rings (SSSR count). The Labute approximate surface area is 94.2 Å². The van der Waals surface area contributed by atoms with Crippen molar-refractivity contribution in [2.24, 2.45) is 0 Å². The summed E-state index contributed by atoms with van der Waals surface area (Å²) in [5.74, 6) is 0. The number of aryl methyl sites for hydroxylation is 1. The van der Waals surface area contributed by atoms with Crippen molar-refractivity contribution in [3.8, 4) is 0 Å². The summed E-state index contributed by atoms with van der Waals surface area (Å²) < 4.78 is 1.05. The summed E-state index contributed by atoms with van der Waals surface area (Å²) in [6.45, 7) is 6.36. The molecule has 1 aromatic rings. The van der Waals surface area contributed by atoms with Crippen molar-refractivity contribution in [2.75, 3.05) is 17.7 Å². The molecule has 2 N–H and O–H groups in total. The van der Waals surface area contributed by atoms with Gasteiger partial charge in [-0.1, -0.05) is 0 Å². The van der Waals surface area contributed by atoms with E-state index < -0.39 is 0 Å². The van der Waals surface area contributed by atoms with E-state index in [4.69, 9.17) is 5.73 Å². The highest BCUT2D eigenvalue weighted by Crippen LogP contribution is 2.30. The van der Waals surface area contributed by atoms with E-state index in [1.54, 1.807) is 0 Å². The molecule has 0 bridgehead atoms. The van der Waals surface area contributed by atoms with Gasteiger partial charge in [0.25, 0.3) is 0 Å². The van der Waals surface area contributed by atoms with Crippen molar-refractivity contribution in [2.45, 2.75) is 26.8 Å². The van der Waals surface area contributed by atoms with Gasteiger partial charge in [-0.15, -0.1) is 0 Å². The molecule has 0 atom stereocenters. The fourth-order valence-electron chi connectivity index (χ4n) is 1.23. The topological polar surface area (TPSA) is 29.3 Å². The van der Waals surface area contributed by atoms with Crippen LogP contribution in [0.5, 0.6) is 0 Å². The van der Waals surface area contributed by atoms with Crippen LogP contribution >= 0.6 is 15.9 Å². The van der Waals surface area contributed by atoms with E-state index in [0.717, 1.165) is 15.7 Å². The molecule has 0 aliphatic heterocycles. The zero-order chi connectivity index (χ0) is 10.9. The normalized spacial score (nSPS) is 10.7. The minimum absolute atomic E-state index is 0.481. The van der Waals surface area contributed by atoms with Gasteiger partial charge < -0.3 is 10.6 Å². The number of hydrogen-bond donors (Lipinski definition) is 1. The predicted octanol–water partition coefficient (Wildman–Crippen LogP) is 3.18. The molecular weight excluding hydrogens is 240 g/mol. The third-order valence-electron chi connectivity index (χ3n) is 2.49. The Morgan fingerprint density at radius 1 is 1.36 bits per heavy atom. The van der Waals surface area contributed by atoms with E-state index in [9.17, 15) is 0 Å². The second-order valence-corrected chi connectivity index (χ2v) is 4.72. The fourth-order valence-corrected chi connectivity index (χ4v) is 1.87. The first-order chi connectivity index (χ1) is 6.43. The van der Waals surface area contributed by atoms with Gasteiger partial charge in [-0.3, -0.25) is 0 Å². The number of benzene rings is 1. The number of halogens is 1. The molecule has 78 valence electrons. The van der Waals surface area contributed by atoms with Crippen molar-refractivity contribution < 1.29 is 0 Å². The Morgan fingerprint density at radius 3 is 2.43 bits per heavy atom. The maximum atomic E-state index is 5.82. The highest BCUT2D eigenvalue weighted by molar-refractivity contribution is 9.10. The maximum Gasteiger partial charge on any atom is 0.0514 e. The quantitative estimate of drug-likeness (QED) is 0.824. The molecule has 0 saturated heterocycles. The van der Waals surface area contributed by atoms with E-state index in [-0.39, 0.29) is 0 Å². The van der Waals surface area contributed by atoms with Gasteiger partial charge in [-0.25, -0.2) is 0 Å². The molecule has 0 aliphatic rings. The fraction of sp³-hybridized carbons (Fsp3) is 0.455. The standard InChI is InChI=1S/C11H17BrN2/c1-7(2)14(4)11-5-8(3)10(13)6-9(11)12/h5-7H,13H2,1-4H3. The first-order valence-electron chi connectivity index (χ1n) is 4.72. The first-order valence-corrected chi connectivity index (χ1v) is 5.51. The number of nitrogen functional groups attached to an aromatic ring is 1. The lowest BCUT2D eigenvalue weighted by molar-refractivity contribution is 0.753. The third-order valence-corrected chi connectivity index (χ3v) is 3.13. The van der Waals surface area contributed by atoms with Crippen LogP contribution in [-0.2, 0) is 0 Å². The predicted molar refractivity (Wildman–Crippen MR) is 66.8 cm³/mol. The molecule has 0 heterocycles. The summed E-state index contributed by atoms with van der Waals surface area (Å²) in [5, 5.41) is 0. The number of anilines is 2. The molecule has 2 nitrogen and oxygen atoms in total. The molecule has 0 radical (unpaired) electrons. The van der Waals surface area contributed by atoms with Gasteiger partial charge in [0.05, 0.1) is 5.69 Å². The van der Waals surface area contributed by atoms with E-state index in [1.165, 1.54) is 5.69 Å². The van der Waals surface area contributed by atoms with Crippen molar-refractivity contribution in [3.63, 3.8) is 0 Å². The molecule has 0 aliphatic carbocycles. The van der Waals surface area contributed by atoms with E-state index in [2.05, 4.69) is 47.8 Å². The Morgan fingerprint density at radius 2 is 1.93 bits per heavy atom. The van der Waals surface area contributed by atoms with Gasteiger partial charge in [0.2, 0.25) is 0 Å². The van der Waals surface area contributed by atoms with Gasteiger partial charge in [-0.2, -0.15) is 0 Å². The van der Waals surface area contributed by atoms with Crippen LogP contribution in [0.2, 0.25) is 0 Å². The van der Waals surface area contributed by atoms with Crippen molar-refractivity contribution in [1.29, 1.82) is 0 Å². The van der Waals surface area contributed by atoms with Gasteiger partial charge in [0.1, 0.15) is 0 Å². The van der Waals surface area contributed by atoms with E-state index in [1.807, 2.05) is 13.0 Å². The molecule has 0 aromatic heterocycles. The van der Waals surface area contributed by atoms with Crippen LogP contribution in [0, 0.1) is 6.92 Å². The summed E-state index contributed by atoms with van der Waals surface area (Å²) >= 11 is 3.53. The highest BCUT2D eigenvalue weighted by Gasteiger charge is 2.10. The molecule has 0 amide bonds. The molecule has 3 heteroatoms. The number of nitrogens with zero attached hydrogens (tertiary/aromatic N) is 1. The largest absolute Gasteiger partial charge is 0.398 e. The average molecular weight is 257 g/mol. The van der Waals surface area contributed by atoms with Gasteiger partial charge >= 0.3 is 0 Å².